The third-order valence-electron chi connectivity index (χ3n) is 10.2. The highest BCUT2D eigenvalue weighted by Gasteiger charge is 2.46. The monoisotopic (exact) mass is 671 g/mol. The summed E-state index contributed by atoms with van der Waals surface area (Å²) in [5, 5.41) is 24.0. The molecule has 7 heterocycles. The van der Waals surface area contributed by atoms with Gasteiger partial charge in [-0.1, -0.05) is 6.92 Å². The van der Waals surface area contributed by atoms with Crippen molar-refractivity contribution in [3.8, 4) is 6.07 Å². The Morgan fingerprint density at radius 2 is 1.94 bits per heavy atom. The number of likely N-dealkylation sites (tertiary alicyclic amines) is 1. The Bertz CT molecular complexity index is 1720. The van der Waals surface area contributed by atoms with E-state index in [0.29, 0.717) is 51.0 Å². The molecule has 49 heavy (non-hydrogen) atoms. The topological polar surface area (TPSA) is 155 Å². The number of aryl methyl sites for hydroxylation is 1. The molecule has 4 aliphatic heterocycles. The Morgan fingerprint density at radius 3 is 2.65 bits per heavy atom. The maximum atomic E-state index is 13.2. The molecular formula is C33H45N13O3. The molecule has 0 radical (unpaired) electrons. The fourth-order valence-corrected chi connectivity index (χ4v) is 7.32. The van der Waals surface area contributed by atoms with Crippen molar-refractivity contribution in [1.29, 1.82) is 5.26 Å². The van der Waals surface area contributed by atoms with Crippen LogP contribution in [-0.2, 0) is 21.5 Å². The summed E-state index contributed by atoms with van der Waals surface area (Å²) >= 11 is 0. The van der Waals surface area contributed by atoms with Crippen molar-refractivity contribution in [1.82, 2.24) is 49.5 Å². The molecule has 0 spiro atoms. The maximum absolute atomic E-state index is 13.2. The number of rotatable bonds is 10. The summed E-state index contributed by atoms with van der Waals surface area (Å²) < 4.78 is 8.56. The first-order chi connectivity index (χ1) is 23.9. The number of pyridine rings is 1. The molecule has 7 rings (SSSR count). The summed E-state index contributed by atoms with van der Waals surface area (Å²) in [6.45, 7) is 9.85. The van der Waals surface area contributed by atoms with Crippen molar-refractivity contribution in [2.45, 2.75) is 38.1 Å². The van der Waals surface area contributed by atoms with Gasteiger partial charge in [0, 0.05) is 77.5 Å². The van der Waals surface area contributed by atoms with Gasteiger partial charge in [-0.2, -0.15) is 15.3 Å². The third-order valence-corrected chi connectivity index (χ3v) is 10.2. The molecule has 0 saturated carbocycles. The van der Waals surface area contributed by atoms with Gasteiger partial charge in [0.15, 0.2) is 5.65 Å². The largest absolute Gasteiger partial charge is 0.453 e. The predicted molar refractivity (Wildman–Crippen MR) is 181 cm³/mol. The second kappa shape index (κ2) is 13.9. The first kappa shape index (κ1) is 32.7. The van der Waals surface area contributed by atoms with Gasteiger partial charge < -0.3 is 29.8 Å². The van der Waals surface area contributed by atoms with Gasteiger partial charge in [0.25, 0.3) is 0 Å². The number of aromatic nitrogens is 5. The van der Waals surface area contributed by atoms with E-state index in [-0.39, 0.29) is 24.1 Å². The predicted octanol–water partition coefficient (Wildman–Crippen LogP) is 1.31. The zero-order valence-corrected chi connectivity index (χ0v) is 28.3. The molecular weight excluding hydrogens is 626 g/mol. The summed E-state index contributed by atoms with van der Waals surface area (Å²) in [6.07, 6.45) is 10.7. The second-order valence-corrected chi connectivity index (χ2v) is 13.5. The smallest absolute Gasteiger partial charge is 0.409 e. The molecule has 3 aromatic heterocycles. The van der Waals surface area contributed by atoms with Crippen LogP contribution in [0, 0.1) is 17.2 Å². The van der Waals surface area contributed by atoms with Crippen molar-refractivity contribution in [3.63, 3.8) is 0 Å². The number of carbonyl (C=O) groups excluding carboxylic acids is 2. The standard InChI is InChI=1S/C33H45N13O3/c1-3-25-17-36-46(20-25)33(8-9-34)23-43(24-33)28-5-4-10-45-30(28)38-31(39-45)37-27-18-35-44(21-27)22-29(47)41-11-6-26(7-12-41)19-40-13-15-42(16-14-40)32(48)49-2/h4-5,10,17,20-21,26,35H,3,6-8,11-16,18-19,22-24H2,1-2H3,(H,37,39). The number of amides is 2. The highest BCUT2D eigenvalue weighted by molar-refractivity contribution is 5.78. The summed E-state index contributed by atoms with van der Waals surface area (Å²) in [4.78, 5) is 38.1. The lowest BCUT2D eigenvalue weighted by molar-refractivity contribution is -0.133. The Hall–Kier alpha value is -4.88. The first-order valence-electron chi connectivity index (χ1n) is 17.2. The van der Waals surface area contributed by atoms with Crippen LogP contribution in [0.25, 0.3) is 5.65 Å². The van der Waals surface area contributed by atoms with Gasteiger partial charge in [-0.3, -0.25) is 14.4 Å². The quantitative estimate of drug-likeness (QED) is 0.319. The normalized spacial score (nSPS) is 19.9. The zero-order chi connectivity index (χ0) is 34.0. The van der Waals surface area contributed by atoms with E-state index < -0.39 is 0 Å². The van der Waals surface area contributed by atoms with Gasteiger partial charge in [-0.15, -0.1) is 5.10 Å². The van der Waals surface area contributed by atoms with Crippen LogP contribution in [0.5, 0.6) is 0 Å². The number of piperazine rings is 1. The number of nitriles is 1. The minimum Gasteiger partial charge on any atom is -0.453 e. The molecule has 2 N–H and O–H groups in total. The number of nitrogens with one attached hydrogen (secondary N) is 2. The SMILES string of the molecule is CCc1cnn(C2(CC#N)CN(c3cccn4nc(NC5=CN(CC(=O)N6CCC(CN7CCN(C(=O)OC)CC7)CC6)NC5)nc34)C2)c1. The van der Waals surface area contributed by atoms with E-state index in [2.05, 4.69) is 49.9 Å². The minimum atomic E-state index is -0.364. The van der Waals surface area contributed by atoms with E-state index in [4.69, 9.17) is 9.72 Å². The number of anilines is 2. The van der Waals surface area contributed by atoms with E-state index in [9.17, 15) is 14.9 Å². The summed E-state index contributed by atoms with van der Waals surface area (Å²) in [6, 6.07) is 6.35. The Morgan fingerprint density at radius 1 is 1.14 bits per heavy atom. The molecule has 0 bridgehead atoms. The number of hydrogen-bond acceptors (Lipinski definition) is 12. The van der Waals surface area contributed by atoms with Crippen molar-refractivity contribution < 1.29 is 14.3 Å². The van der Waals surface area contributed by atoms with Crippen molar-refractivity contribution in [2.75, 3.05) is 89.3 Å². The molecule has 3 fully saturated rings. The number of nitrogens with zero attached hydrogens (tertiary/aromatic N) is 11. The van der Waals surface area contributed by atoms with E-state index in [1.807, 2.05) is 45.3 Å². The van der Waals surface area contributed by atoms with E-state index in [1.165, 1.54) is 7.11 Å². The number of carbonyl (C=O) groups is 2. The highest BCUT2D eigenvalue weighted by Crippen LogP contribution is 2.37. The van der Waals surface area contributed by atoms with Crippen molar-refractivity contribution in [2.24, 2.45) is 5.92 Å². The number of piperidine rings is 1. The van der Waals surface area contributed by atoms with Crippen molar-refractivity contribution in [3.05, 3.63) is 48.2 Å². The third kappa shape index (κ3) is 6.86. The minimum absolute atomic E-state index is 0.105. The van der Waals surface area contributed by atoms with Crippen LogP contribution >= 0.6 is 0 Å². The lowest BCUT2D eigenvalue weighted by atomic mass is 9.86. The van der Waals surface area contributed by atoms with Gasteiger partial charge in [0.1, 0.15) is 12.1 Å². The van der Waals surface area contributed by atoms with Gasteiger partial charge in [-0.25, -0.2) is 14.7 Å². The average molecular weight is 672 g/mol. The number of hydrogen-bond donors (Lipinski definition) is 2. The number of ether oxygens (including phenoxy) is 1. The maximum Gasteiger partial charge on any atom is 0.409 e. The highest BCUT2D eigenvalue weighted by atomic mass is 16.5. The number of hydrazine groups is 1. The molecule has 260 valence electrons. The molecule has 0 unspecified atom stereocenters. The lowest BCUT2D eigenvalue weighted by Gasteiger charge is -2.50. The number of methoxy groups -OCH3 is 1. The fraction of sp³-hybridized carbons (Fsp3) is 0.576. The molecule has 16 nitrogen and oxygen atoms in total. The van der Waals surface area contributed by atoms with Gasteiger partial charge in [-0.05, 0) is 42.9 Å². The first-order valence-corrected chi connectivity index (χ1v) is 17.2. The van der Waals surface area contributed by atoms with Crippen LogP contribution < -0.4 is 15.6 Å². The average Bonchev–Trinajstić information content (AvgIpc) is 3.87. The molecule has 3 aromatic rings. The summed E-state index contributed by atoms with van der Waals surface area (Å²) in [5.74, 6) is 1.14. The molecule has 0 aromatic carbocycles. The molecule has 3 saturated heterocycles. The van der Waals surface area contributed by atoms with Crippen LogP contribution in [0.4, 0.5) is 16.4 Å². The van der Waals surface area contributed by atoms with Crippen LogP contribution in [0.2, 0.25) is 0 Å². The Labute approximate surface area is 285 Å². The fourth-order valence-electron chi connectivity index (χ4n) is 7.32. The molecule has 0 atom stereocenters. The van der Waals surface area contributed by atoms with Crippen LogP contribution in [0.1, 0.15) is 31.7 Å². The molecule has 4 aliphatic rings. The van der Waals surface area contributed by atoms with Crippen LogP contribution in [0.15, 0.2) is 42.6 Å². The van der Waals surface area contributed by atoms with E-state index in [0.717, 1.165) is 74.6 Å². The van der Waals surface area contributed by atoms with Crippen molar-refractivity contribution >= 4 is 29.3 Å². The summed E-state index contributed by atoms with van der Waals surface area (Å²) in [5.41, 5.74) is 6.64. The Balaban J connectivity index is 0.897. The Kier molecular flexibility index (Phi) is 9.28. The van der Waals surface area contributed by atoms with Crippen LogP contribution in [-0.4, -0.2) is 135 Å². The molecule has 2 amide bonds. The van der Waals surface area contributed by atoms with E-state index >= 15 is 0 Å². The molecule has 0 aliphatic carbocycles. The van der Waals surface area contributed by atoms with Gasteiger partial charge in [0.05, 0.1) is 43.7 Å². The summed E-state index contributed by atoms with van der Waals surface area (Å²) in [7, 11) is 1.42. The van der Waals surface area contributed by atoms with Gasteiger partial charge in [0.2, 0.25) is 11.9 Å². The molecule has 16 heteroatoms. The lowest BCUT2D eigenvalue weighted by Crippen LogP contribution is -2.63. The van der Waals surface area contributed by atoms with Crippen LogP contribution in [0.3, 0.4) is 0 Å². The number of fused-ring (bicyclic) bond motifs is 1. The van der Waals surface area contributed by atoms with Gasteiger partial charge >= 0.3 is 6.09 Å². The second-order valence-electron chi connectivity index (χ2n) is 13.5. The zero-order valence-electron chi connectivity index (χ0n) is 28.3. The van der Waals surface area contributed by atoms with E-state index in [1.54, 1.807) is 9.42 Å².